The lowest BCUT2D eigenvalue weighted by Gasteiger charge is -2.21. The van der Waals surface area contributed by atoms with Crippen molar-refractivity contribution in [3.63, 3.8) is 0 Å². The summed E-state index contributed by atoms with van der Waals surface area (Å²) < 4.78 is 0. The molecule has 20 heavy (non-hydrogen) atoms. The summed E-state index contributed by atoms with van der Waals surface area (Å²) in [4.78, 5) is 14.8. The zero-order valence-electron chi connectivity index (χ0n) is 11.5. The molecule has 1 aromatic heterocycles. The Labute approximate surface area is 122 Å². The molecule has 0 spiro atoms. The second kappa shape index (κ2) is 6.43. The van der Waals surface area contributed by atoms with E-state index in [0.29, 0.717) is 6.54 Å². The number of phenolic OH excluding ortho intramolecular Hbond substituents is 1. The highest BCUT2D eigenvalue weighted by molar-refractivity contribution is 7.10. The van der Waals surface area contributed by atoms with Gasteiger partial charge >= 0.3 is 6.03 Å². The third-order valence-electron chi connectivity index (χ3n) is 3.01. The van der Waals surface area contributed by atoms with E-state index in [0.717, 1.165) is 10.4 Å². The van der Waals surface area contributed by atoms with E-state index >= 15 is 0 Å². The number of phenols is 1. The number of rotatable bonds is 4. The zero-order chi connectivity index (χ0) is 14.5. The lowest BCUT2D eigenvalue weighted by molar-refractivity contribution is 0.203. The molecule has 0 aliphatic carbocycles. The second-order valence-corrected chi connectivity index (χ2v) is 5.69. The fourth-order valence-corrected chi connectivity index (χ4v) is 2.59. The van der Waals surface area contributed by atoms with Gasteiger partial charge in [0, 0.05) is 18.5 Å². The van der Waals surface area contributed by atoms with Crippen molar-refractivity contribution < 1.29 is 9.90 Å². The van der Waals surface area contributed by atoms with Gasteiger partial charge in [-0.2, -0.15) is 0 Å². The molecule has 1 heterocycles. The quantitative estimate of drug-likeness (QED) is 0.907. The number of nitrogens with zero attached hydrogens (tertiary/aromatic N) is 1. The Kier molecular flexibility index (Phi) is 4.63. The van der Waals surface area contributed by atoms with Crippen LogP contribution >= 0.6 is 11.3 Å². The first-order chi connectivity index (χ1) is 9.56. The van der Waals surface area contributed by atoms with Crippen molar-refractivity contribution in [2.45, 2.75) is 19.5 Å². The molecule has 0 saturated heterocycles. The van der Waals surface area contributed by atoms with E-state index in [-0.39, 0.29) is 17.8 Å². The minimum absolute atomic E-state index is 0.00441. The van der Waals surface area contributed by atoms with Gasteiger partial charge in [0.25, 0.3) is 0 Å². The second-order valence-electron chi connectivity index (χ2n) is 4.71. The standard InChI is InChI=1S/C15H18N2O2S/c1-11(14-4-3-9-20-14)16-15(19)17(2)10-12-5-7-13(18)8-6-12/h3-9,11,18H,10H2,1-2H3,(H,16,19)/t11-/m1/s1. The van der Waals surface area contributed by atoms with Crippen LogP contribution in [0.3, 0.4) is 0 Å². The van der Waals surface area contributed by atoms with Gasteiger partial charge in [0.2, 0.25) is 0 Å². The molecule has 4 nitrogen and oxygen atoms in total. The maximum Gasteiger partial charge on any atom is 0.317 e. The number of aromatic hydroxyl groups is 1. The van der Waals surface area contributed by atoms with Crippen LogP contribution in [0.15, 0.2) is 41.8 Å². The fourth-order valence-electron chi connectivity index (χ4n) is 1.85. The molecule has 2 rings (SSSR count). The molecule has 0 bridgehead atoms. The van der Waals surface area contributed by atoms with Crippen molar-refractivity contribution in [2.24, 2.45) is 0 Å². The topological polar surface area (TPSA) is 52.6 Å². The monoisotopic (exact) mass is 290 g/mol. The number of hydrogen-bond donors (Lipinski definition) is 2. The van der Waals surface area contributed by atoms with E-state index in [2.05, 4.69) is 5.32 Å². The van der Waals surface area contributed by atoms with Crippen LogP contribution in [0, 0.1) is 0 Å². The lowest BCUT2D eigenvalue weighted by Crippen LogP contribution is -2.37. The summed E-state index contributed by atoms with van der Waals surface area (Å²) >= 11 is 1.63. The average Bonchev–Trinajstić information content (AvgIpc) is 2.95. The van der Waals surface area contributed by atoms with E-state index in [1.165, 1.54) is 0 Å². The molecule has 1 atom stereocenters. The molecular formula is C15H18N2O2S. The highest BCUT2D eigenvalue weighted by atomic mass is 32.1. The van der Waals surface area contributed by atoms with E-state index in [1.807, 2.05) is 36.6 Å². The predicted octanol–water partition coefficient (Wildman–Crippen LogP) is 3.36. The van der Waals surface area contributed by atoms with Crippen molar-refractivity contribution in [1.29, 1.82) is 0 Å². The van der Waals surface area contributed by atoms with Crippen LogP contribution < -0.4 is 5.32 Å². The summed E-state index contributed by atoms with van der Waals surface area (Å²) in [5.74, 6) is 0.229. The molecule has 2 N–H and O–H groups in total. The molecule has 0 radical (unpaired) electrons. The SMILES string of the molecule is C[C@@H](NC(=O)N(C)Cc1ccc(O)cc1)c1cccs1. The number of thiophene rings is 1. The number of hydrogen-bond acceptors (Lipinski definition) is 3. The fraction of sp³-hybridized carbons (Fsp3) is 0.267. The van der Waals surface area contributed by atoms with Gasteiger partial charge in [0.15, 0.2) is 0 Å². The number of carbonyl (C=O) groups excluding carboxylic acids is 1. The largest absolute Gasteiger partial charge is 0.508 e. The van der Waals surface area contributed by atoms with Crippen molar-refractivity contribution in [3.8, 4) is 5.75 Å². The van der Waals surface area contributed by atoms with E-state index in [1.54, 1.807) is 35.4 Å². The minimum Gasteiger partial charge on any atom is -0.508 e. The van der Waals surface area contributed by atoms with Gasteiger partial charge in [-0.25, -0.2) is 4.79 Å². The van der Waals surface area contributed by atoms with Gasteiger partial charge in [-0.3, -0.25) is 0 Å². The van der Waals surface area contributed by atoms with Crippen molar-refractivity contribution in [2.75, 3.05) is 7.05 Å². The van der Waals surface area contributed by atoms with Gasteiger partial charge in [-0.05, 0) is 36.1 Å². The zero-order valence-corrected chi connectivity index (χ0v) is 12.4. The smallest absolute Gasteiger partial charge is 0.317 e. The Morgan fingerprint density at radius 2 is 2.05 bits per heavy atom. The molecule has 5 heteroatoms. The molecule has 0 unspecified atom stereocenters. The van der Waals surface area contributed by atoms with Gasteiger partial charge in [0.05, 0.1) is 6.04 Å². The Bertz CT molecular complexity index is 552. The van der Waals surface area contributed by atoms with Crippen LogP contribution in [-0.2, 0) is 6.54 Å². The summed E-state index contributed by atoms with van der Waals surface area (Å²) in [6.45, 7) is 2.47. The van der Waals surface area contributed by atoms with Gasteiger partial charge in [-0.1, -0.05) is 18.2 Å². The molecule has 2 aromatic rings. The van der Waals surface area contributed by atoms with Crippen molar-refractivity contribution >= 4 is 17.4 Å². The maximum atomic E-state index is 12.1. The highest BCUT2D eigenvalue weighted by Crippen LogP contribution is 2.18. The van der Waals surface area contributed by atoms with Gasteiger partial charge in [0.1, 0.15) is 5.75 Å². The van der Waals surface area contributed by atoms with Crippen LogP contribution in [-0.4, -0.2) is 23.1 Å². The first-order valence-corrected chi connectivity index (χ1v) is 7.27. The van der Waals surface area contributed by atoms with E-state index in [9.17, 15) is 9.90 Å². The van der Waals surface area contributed by atoms with Gasteiger partial charge < -0.3 is 15.3 Å². The predicted molar refractivity (Wildman–Crippen MR) is 80.8 cm³/mol. The Balaban J connectivity index is 1.90. The lowest BCUT2D eigenvalue weighted by atomic mass is 10.2. The summed E-state index contributed by atoms with van der Waals surface area (Å²) in [5, 5.41) is 14.2. The third kappa shape index (κ3) is 3.74. The molecule has 0 saturated carbocycles. The maximum absolute atomic E-state index is 12.1. The molecule has 2 amide bonds. The normalized spacial score (nSPS) is 11.9. The Morgan fingerprint density at radius 1 is 1.35 bits per heavy atom. The van der Waals surface area contributed by atoms with Crippen LogP contribution in [0.1, 0.15) is 23.4 Å². The molecule has 106 valence electrons. The summed E-state index contributed by atoms with van der Waals surface area (Å²) in [7, 11) is 1.75. The third-order valence-corrected chi connectivity index (χ3v) is 4.07. The molecular weight excluding hydrogens is 272 g/mol. The molecule has 0 aliphatic rings. The Hall–Kier alpha value is -2.01. The summed E-state index contributed by atoms with van der Waals surface area (Å²) in [5.41, 5.74) is 0.976. The average molecular weight is 290 g/mol. The van der Waals surface area contributed by atoms with Crippen molar-refractivity contribution in [1.82, 2.24) is 10.2 Å². The number of nitrogens with one attached hydrogen (secondary N) is 1. The van der Waals surface area contributed by atoms with Crippen LogP contribution in [0.5, 0.6) is 5.75 Å². The minimum atomic E-state index is -0.112. The Morgan fingerprint density at radius 3 is 2.65 bits per heavy atom. The number of amides is 2. The van der Waals surface area contributed by atoms with Crippen LogP contribution in [0.4, 0.5) is 4.79 Å². The first-order valence-electron chi connectivity index (χ1n) is 6.39. The first kappa shape index (κ1) is 14.4. The highest BCUT2D eigenvalue weighted by Gasteiger charge is 2.14. The summed E-state index contributed by atoms with van der Waals surface area (Å²) in [6, 6.07) is 10.7. The number of urea groups is 1. The van der Waals surface area contributed by atoms with Gasteiger partial charge in [-0.15, -0.1) is 11.3 Å². The van der Waals surface area contributed by atoms with Crippen molar-refractivity contribution in [3.05, 3.63) is 52.2 Å². The van der Waals surface area contributed by atoms with E-state index < -0.39 is 0 Å². The summed E-state index contributed by atoms with van der Waals surface area (Å²) in [6.07, 6.45) is 0. The number of benzene rings is 1. The molecule has 0 fully saturated rings. The van der Waals surface area contributed by atoms with Crippen LogP contribution in [0.25, 0.3) is 0 Å². The molecule has 0 aliphatic heterocycles. The molecule has 1 aromatic carbocycles. The number of carbonyl (C=O) groups is 1. The van der Waals surface area contributed by atoms with E-state index in [4.69, 9.17) is 0 Å². The van der Waals surface area contributed by atoms with Crippen LogP contribution in [0.2, 0.25) is 0 Å².